The van der Waals surface area contributed by atoms with Crippen molar-refractivity contribution in [2.45, 2.75) is 6.42 Å². The molecule has 0 saturated carbocycles. The molecule has 0 aromatic heterocycles. The number of hydrogen-bond acceptors (Lipinski definition) is 3. The minimum absolute atomic E-state index is 0.0808. The fourth-order valence-electron chi connectivity index (χ4n) is 0.995. The first-order valence-electron chi connectivity index (χ1n) is 4.14. The van der Waals surface area contributed by atoms with E-state index in [1.165, 1.54) is 6.07 Å². The van der Waals surface area contributed by atoms with E-state index in [1.54, 1.807) is 12.1 Å². The van der Waals surface area contributed by atoms with E-state index in [4.69, 9.17) is 10.5 Å². The summed E-state index contributed by atoms with van der Waals surface area (Å²) >= 11 is 1.87. The van der Waals surface area contributed by atoms with E-state index in [2.05, 4.69) is 5.32 Å². The third kappa shape index (κ3) is 2.91. The molecule has 0 aliphatic heterocycles. The van der Waals surface area contributed by atoms with Gasteiger partial charge in [0.05, 0.1) is 17.3 Å². The monoisotopic (exact) mass is 329 g/mol. The molecule has 0 radical (unpaired) electrons. The summed E-state index contributed by atoms with van der Waals surface area (Å²) in [7, 11) is 0. The maximum absolute atomic E-state index is 13.2. The highest BCUT2D eigenvalue weighted by Gasteiger charge is 2.10. The van der Waals surface area contributed by atoms with E-state index >= 15 is 0 Å². The summed E-state index contributed by atoms with van der Waals surface area (Å²) < 4.78 is 13.8. The van der Waals surface area contributed by atoms with Crippen LogP contribution in [0.5, 0.6) is 0 Å². The van der Waals surface area contributed by atoms with Gasteiger partial charge in [0, 0.05) is 3.57 Å². The van der Waals surface area contributed by atoms with Crippen LogP contribution in [-0.2, 0) is 4.79 Å². The molecule has 0 heterocycles. The van der Waals surface area contributed by atoms with Crippen LogP contribution in [0, 0.1) is 32.0 Å². The average molecular weight is 329 g/mol. The Morgan fingerprint density at radius 3 is 2.75 bits per heavy atom. The van der Waals surface area contributed by atoms with Crippen LogP contribution in [0.3, 0.4) is 0 Å². The van der Waals surface area contributed by atoms with Crippen LogP contribution in [0.2, 0.25) is 0 Å². The number of amides is 1. The summed E-state index contributed by atoms with van der Waals surface area (Å²) in [6.07, 6.45) is -0.294. The minimum atomic E-state index is -0.699. The molecule has 0 unspecified atom stereocenters. The van der Waals surface area contributed by atoms with Crippen molar-refractivity contribution in [2.75, 3.05) is 5.32 Å². The number of halogens is 2. The van der Waals surface area contributed by atoms with Crippen molar-refractivity contribution < 1.29 is 9.18 Å². The zero-order valence-corrected chi connectivity index (χ0v) is 10.1. The first kappa shape index (κ1) is 12.4. The van der Waals surface area contributed by atoms with Gasteiger partial charge in [-0.15, -0.1) is 0 Å². The van der Waals surface area contributed by atoms with Gasteiger partial charge in [-0.3, -0.25) is 4.79 Å². The SMILES string of the molecule is N#CCC(=O)Nc1cc(F)c(C#N)cc1I. The molecular formula is C10H5FIN3O. The molecule has 80 valence electrons. The van der Waals surface area contributed by atoms with Crippen LogP contribution in [0.1, 0.15) is 12.0 Å². The molecule has 1 aromatic carbocycles. The largest absolute Gasteiger partial charge is 0.324 e. The highest BCUT2D eigenvalue weighted by atomic mass is 127. The lowest BCUT2D eigenvalue weighted by molar-refractivity contribution is -0.115. The standard InChI is InChI=1S/C10H5FIN3O/c11-7-4-9(15-10(16)1-2-13)8(12)3-6(7)5-14/h3-4H,1H2,(H,15,16). The van der Waals surface area contributed by atoms with Gasteiger partial charge in [-0.25, -0.2) is 4.39 Å². The molecule has 4 nitrogen and oxygen atoms in total. The Labute approximate surface area is 105 Å². The van der Waals surface area contributed by atoms with Crippen LogP contribution in [0.25, 0.3) is 0 Å². The zero-order chi connectivity index (χ0) is 12.1. The van der Waals surface area contributed by atoms with Crippen LogP contribution in [0.4, 0.5) is 10.1 Å². The van der Waals surface area contributed by atoms with Gasteiger partial charge in [-0.1, -0.05) is 0 Å². The fraction of sp³-hybridized carbons (Fsp3) is 0.100. The Morgan fingerprint density at radius 2 is 2.19 bits per heavy atom. The third-order valence-electron chi connectivity index (χ3n) is 1.69. The lowest BCUT2D eigenvalue weighted by atomic mass is 10.2. The molecule has 6 heteroatoms. The Hall–Kier alpha value is -1.67. The van der Waals surface area contributed by atoms with Crippen molar-refractivity contribution in [3.8, 4) is 12.1 Å². The molecule has 0 aliphatic rings. The molecule has 16 heavy (non-hydrogen) atoms. The van der Waals surface area contributed by atoms with Gasteiger partial charge in [0.2, 0.25) is 5.91 Å². The highest BCUT2D eigenvalue weighted by Crippen LogP contribution is 2.22. The number of nitrogens with one attached hydrogen (secondary N) is 1. The lowest BCUT2D eigenvalue weighted by Gasteiger charge is -2.06. The van der Waals surface area contributed by atoms with Crippen LogP contribution in [-0.4, -0.2) is 5.91 Å². The summed E-state index contributed by atoms with van der Waals surface area (Å²) in [6, 6.07) is 5.78. The number of carbonyl (C=O) groups excluding carboxylic acids is 1. The summed E-state index contributed by atoms with van der Waals surface area (Å²) in [5.41, 5.74) is 0.181. The number of hydrogen-bond donors (Lipinski definition) is 1. The van der Waals surface area contributed by atoms with Crippen LogP contribution >= 0.6 is 22.6 Å². The summed E-state index contributed by atoms with van der Waals surface area (Å²) in [4.78, 5) is 11.1. The van der Waals surface area contributed by atoms with Crippen LogP contribution in [0.15, 0.2) is 12.1 Å². The molecule has 0 saturated heterocycles. The molecule has 0 fully saturated rings. The van der Waals surface area contributed by atoms with Crippen molar-refractivity contribution in [3.63, 3.8) is 0 Å². The number of benzene rings is 1. The summed E-state index contributed by atoms with van der Waals surface area (Å²) in [6.45, 7) is 0. The molecule has 1 rings (SSSR count). The Morgan fingerprint density at radius 1 is 1.50 bits per heavy atom. The topological polar surface area (TPSA) is 76.7 Å². The van der Waals surface area contributed by atoms with Crippen molar-refractivity contribution in [3.05, 3.63) is 27.1 Å². The second-order valence-electron chi connectivity index (χ2n) is 2.81. The number of carbonyl (C=O) groups is 1. The van der Waals surface area contributed by atoms with Gasteiger partial charge in [0.15, 0.2) is 0 Å². The molecule has 1 N–H and O–H groups in total. The van der Waals surface area contributed by atoms with Gasteiger partial charge >= 0.3 is 0 Å². The van der Waals surface area contributed by atoms with Gasteiger partial charge in [-0.05, 0) is 34.7 Å². The molecule has 0 bridgehead atoms. The second kappa shape index (κ2) is 5.42. The number of rotatable bonds is 2. The molecule has 0 aliphatic carbocycles. The number of nitrogens with zero attached hydrogens (tertiary/aromatic N) is 2. The minimum Gasteiger partial charge on any atom is -0.324 e. The molecule has 0 atom stereocenters. The second-order valence-corrected chi connectivity index (χ2v) is 3.97. The van der Waals surface area contributed by atoms with E-state index in [0.717, 1.165) is 6.07 Å². The Bertz CT molecular complexity index is 516. The maximum Gasteiger partial charge on any atom is 0.238 e. The Balaban J connectivity index is 3.00. The quantitative estimate of drug-likeness (QED) is 0.845. The normalized spacial score (nSPS) is 9.00. The van der Waals surface area contributed by atoms with Gasteiger partial charge < -0.3 is 5.32 Å². The number of nitriles is 2. The fourth-order valence-corrected chi connectivity index (χ4v) is 1.60. The third-order valence-corrected chi connectivity index (χ3v) is 2.58. The van der Waals surface area contributed by atoms with E-state index < -0.39 is 11.7 Å². The molecule has 1 amide bonds. The van der Waals surface area contributed by atoms with E-state index in [0.29, 0.717) is 3.57 Å². The summed E-state index contributed by atoms with van der Waals surface area (Å²) in [5, 5.41) is 19.3. The molecular weight excluding hydrogens is 324 g/mol. The zero-order valence-electron chi connectivity index (χ0n) is 7.92. The van der Waals surface area contributed by atoms with Crippen molar-refractivity contribution in [2.24, 2.45) is 0 Å². The number of anilines is 1. The molecule has 1 aromatic rings. The van der Waals surface area contributed by atoms with E-state index in [1.807, 2.05) is 22.6 Å². The van der Waals surface area contributed by atoms with E-state index in [9.17, 15) is 9.18 Å². The Kier molecular flexibility index (Phi) is 4.20. The van der Waals surface area contributed by atoms with Crippen molar-refractivity contribution in [1.82, 2.24) is 0 Å². The predicted molar refractivity (Wildman–Crippen MR) is 62.7 cm³/mol. The summed E-state index contributed by atoms with van der Waals surface area (Å²) in [5.74, 6) is -1.21. The van der Waals surface area contributed by atoms with Crippen molar-refractivity contribution in [1.29, 1.82) is 10.5 Å². The molecule has 0 spiro atoms. The average Bonchev–Trinajstić information content (AvgIpc) is 2.23. The van der Waals surface area contributed by atoms with Gasteiger partial charge in [0.1, 0.15) is 18.3 Å². The first-order valence-corrected chi connectivity index (χ1v) is 5.22. The lowest BCUT2D eigenvalue weighted by Crippen LogP contribution is -2.11. The van der Waals surface area contributed by atoms with Crippen molar-refractivity contribution >= 4 is 34.2 Å². The maximum atomic E-state index is 13.2. The van der Waals surface area contributed by atoms with Gasteiger partial charge in [-0.2, -0.15) is 10.5 Å². The first-order chi connectivity index (χ1) is 7.58. The van der Waals surface area contributed by atoms with Gasteiger partial charge in [0.25, 0.3) is 0 Å². The van der Waals surface area contributed by atoms with E-state index in [-0.39, 0.29) is 17.7 Å². The highest BCUT2D eigenvalue weighted by molar-refractivity contribution is 14.1. The smallest absolute Gasteiger partial charge is 0.238 e. The predicted octanol–water partition coefficient (Wildman–Crippen LogP) is 2.15. The van der Waals surface area contributed by atoms with Crippen LogP contribution < -0.4 is 5.32 Å².